The number of sulfonamides is 1. The Labute approximate surface area is 122 Å². The zero-order chi connectivity index (χ0) is 15.5. The number of ether oxygens (including phenoxy) is 1. The summed E-state index contributed by atoms with van der Waals surface area (Å²) in [6, 6.07) is 3.37. The van der Waals surface area contributed by atoms with Gasteiger partial charge >= 0.3 is 0 Å². The van der Waals surface area contributed by atoms with Crippen LogP contribution in [0.3, 0.4) is 0 Å². The highest BCUT2D eigenvalue weighted by Crippen LogP contribution is 2.19. The molecular weight excluding hydrogens is 299 g/mol. The molecule has 0 saturated carbocycles. The van der Waals surface area contributed by atoms with E-state index in [2.05, 4.69) is 10.0 Å². The molecule has 1 aromatic carbocycles. The highest BCUT2D eigenvalue weighted by atomic mass is 32.2. The summed E-state index contributed by atoms with van der Waals surface area (Å²) < 4.78 is 45.5. The fraction of sp³-hybridized carbons (Fsp3) is 0.417. The van der Waals surface area contributed by atoms with Crippen molar-refractivity contribution in [2.45, 2.75) is 11.3 Å². The molecule has 9 heteroatoms. The summed E-state index contributed by atoms with van der Waals surface area (Å²) in [6.07, 6.45) is 0.804. The Balaban J connectivity index is 2.08. The average Bonchev–Trinajstić information content (AvgIpc) is 2.91. The highest BCUT2D eigenvalue weighted by Gasteiger charge is 2.21. The maximum Gasteiger partial charge on any atom is 0.240 e. The Hall–Kier alpha value is -1.71. The summed E-state index contributed by atoms with van der Waals surface area (Å²) in [4.78, 5) is -0.173. The van der Waals surface area contributed by atoms with Gasteiger partial charge in [0.05, 0.1) is 17.2 Å². The van der Waals surface area contributed by atoms with Crippen LogP contribution in [0.1, 0.15) is 6.42 Å². The van der Waals surface area contributed by atoms with Crippen molar-refractivity contribution < 1.29 is 17.5 Å². The minimum atomic E-state index is -3.77. The summed E-state index contributed by atoms with van der Waals surface area (Å²) in [5.41, 5.74) is 5.05. The molecule has 0 bridgehead atoms. The fourth-order valence-electron chi connectivity index (χ4n) is 1.96. The number of hydrogen-bond acceptors (Lipinski definition) is 4. The standard InChI is InChI=1S/C12H17FN4O3S/c13-10-5-9(1-2-11(10)17-12(14)15)21(18,19)16-6-8-3-4-20-7-8/h1-2,5,8,16H,3-4,6-7H2,(H4,14,15,17). The summed E-state index contributed by atoms with van der Waals surface area (Å²) in [5.74, 6) is -1.08. The molecule has 7 nitrogen and oxygen atoms in total. The first-order chi connectivity index (χ1) is 9.88. The molecule has 1 saturated heterocycles. The lowest BCUT2D eigenvalue weighted by Gasteiger charge is -2.11. The quantitative estimate of drug-likeness (QED) is 0.465. The van der Waals surface area contributed by atoms with Crippen LogP contribution >= 0.6 is 0 Å². The van der Waals surface area contributed by atoms with Crippen LogP contribution in [-0.4, -0.2) is 34.1 Å². The third-order valence-electron chi connectivity index (χ3n) is 3.11. The van der Waals surface area contributed by atoms with Crippen LogP contribution in [0.15, 0.2) is 23.1 Å². The highest BCUT2D eigenvalue weighted by molar-refractivity contribution is 7.89. The predicted molar refractivity (Wildman–Crippen MR) is 76.1 cm³/mol. The summed E-state index contributed by atoms with van der Waals surface area (Å²) in [6.45, 7) is 1.42. The van der Waals surface area contributed by atoms with Gasteiger partial charge in [-0.1, -0.05) is 0 Å². The van der Waals surface area contributed by atoms with Gasteiger partial charge in [-0.2, -0.15) is 0 Å². The SMILES string of the molecule is N=C(N)Nc1ccc(S(=O)(=O)NCC2CCOC2)cc1F. The van der Waals surface area contributed by atoms with Gasteiger partial charge in [0.2, 0.25) is 10.0 Å². The smallest absolute Gasteiger partial charge is 0.240 e. The van der Waals surface area contributed by atoms with Crippen LogP contribution in [0.4, 0.5) is 10.1 Å². The van der Waals surface area contributed by atoms with Gasteiger partial charge < -0.3 is 15.8 Å². The number of hydrogen-bond donors (Lipinski definition) is 4. The first kappa shape index (κ1) is 15.7. The van der Waals surface area contributed by atoms with Gasteiger partial charge in [0.15, 0.2) is 5.96 Å². The van der Waals surface area contributed by atoms with Crippen molar-refractivity contribution in [1.82, 2.24) is 4.72 Å². The molecule has 116 valence electrons. The lowest BCUT2D eigenvalue weighted by Crippen LogP contribution is -2.29. The molecule has 0 aromatic heterocycles. The van der Waals surface area contributed by atoms with Crippen LogP contribution in [-0.2, 0) is 14.8 Å². The predicted octanol–water partition coefficient (Wildman–Crippen LogP) is 0.446. The van der Waals surface area contributed by atoms with Crippen molar-refractivity contribution in [3.05, 3.63) is 24.0 Å². The van der Waals surface area contributed by atoms with Crippen molar-refractivity contribution in [2.75, 3.05) is 25.1 Å². The molecule has 0 amide bonds. The monoisotopic (exact) mass is 316 g/mol. The molecule has 1 aliphatic rings. The van der Waals surface area contributed by atoms with Gasteiger partial charge in [-0.05, 0) is 30.5 Å². The van der Waals surface area contributed by atoms with Gasteiger partial charge in [-0.3, -0.25) is 5.41 Å². The topological polar surface area (TPSA) is 117 Å². The number of rotatable bonds is 5. The van der Waals surface area contributed by atoms with Gasteiger partial charge in [-0.15, -0.1) is 0 Å². The first-order valence-electron chi connectivity index (χ1n) is 6.36. The van der Waals surface area contributed by atoms with E-state index in [-0.39, 0.29) is 23.0 Å². The first-order valence-corrected chi connectivity index (χ1v) is 7.85. The summed E-state index contributed by atoms with van der Waals surface area (Å²) in [7, 11) is -3.77. The van der Waals surface area contributed by atoms with Crippen molar-refractivity contribution in [3.63, 3.8) is 0 Å². The number of guanidine groups is 1. The van der Waals surface area contributed by atoms with Crippen molar-refractivity contribution >= 4 is 21.7 Å². The maximum absolute atomic E-state index is 13.8. The minimum absolute atomic E-state index is 0.0503. The Morgan fingerprint density at radius 3 is 2.86 bits per heavy atom. The van der Waals surface area contributed by atoms with E-state index in [1.54, 1.807) is 0 Å². The van der Waals surface area contributed by atoms with E-state index in [0.29, 0.717) is 13.2 Å². The molecule has 21 heavy (non-hydrogen) atoms. The number of benzene rings is 1. The van der Waals surface area contributed by atoms with Gasteiger partial charge in [-0.25, -0.2) is 17.5 Å². The van der Waals surface area contributed by atoms with E-state index in [0.717, 1.165) is 12.5 Å². The largest absolute Gasteiger partial charge is 0.381 e. The Morgan fingerprint density at radius 1 is 1.52 bits per heavy atom. The van der Waals surface area contributed by atoms with Crippen molar-refractivity contribution in [2.24, 2.45) is 11.7 Å². The molecule has 1 unspecified atom stereocenters. The lowest BCUT2D eigenvalue weighted by atomic mass is 10.1. The van der Waals surface area contributed by atoms with Crippen LogP contribution in [0.2, 0.25) is 0 Å². The molecule has 1 heterocycles. The van der Waals surface area contributed by atoms with Gasteiger partial charge in [0.1, 0.15) is 5.82 Å². The minimum Gasteiger partial charge on any atom is -0.381 e. The second kappa shape index (κ2) is 6.37. The Morgan fingerprint density at radius 2 is 2.29 bits per heavy atom. The van der Waals surface area contributed by atoms with E-state index >= 15 is 0 Å². The molecule has 1 aromatic rings. The zero-order valence-corrected chi connectivity index (χ0v) is 12.0. The van der Waals surface area contributed by atoms with Crippen LogP contribution < -0.4 is 15.8 Å². The second-order valence-corrected chi connectivity index (χ2v) is 6.53. The molecule has 0 aliphatic carbocycles. The van der Waals surface area contributed by atoms with Crippen LogP contribution in [0, 0.1) is 17.1 Å². The molecular formula is C12H17FN4O3S. The van der Waals surface area contributed by atoms with E-state index in [1.165, 1.54) is 12.1 Å². The number of halogens is 1. The van der Waals surface area contributed by atoms with Crippen molar-refractivity contribution in [1.29, 1.82) is 5.41 Å². The third kappa shape index (κ3) is 4.13. The Bertz CT molecular complexity index is 629. The van der Waals surface area contributed by atoms with E-state index in [9.17, 15) is 12.8 Å². The molecule has 1 fully saturated rings. The number of nitrogens with two attached hydrogens (primary N) is 1. The van der Waals surface area contributed by atoms with Crippen molar-refractivity contribution in [3.8, 4) is 0 Å². The normalized spacial score (nSPS) is 18.6. The van der Waals surface area contributed by atoms with E-state index in [1.807, 2.05) is 0 Å². The third-order valence-corrected chi connectivity index (χ3v) is 4.53. The van der Waals surface area contributed by atoms with Crippen LogP contribution in [0.5, 0.6) is 0 Å². The summed E-state index contributed by atoms with van der Waals surface area (Å²) in [5, 5.41) is 9.31. The average molecular weight is 316 g/mol. The second-order valence-electron chi connectivity index (χ2n) is 4.76. The van der Waals surface area contributed by atoms with Gasteiger partial charge in [0, 0.05) is 13.2 Å². The van der Waals surface area contributed by atoms with Crippen LogP contribution in [0.25, 0.3) is 0 Å². The maximum atomic E-state index is 13.8. The molecule has 0 spiro atoms. The Kier molecular flexibility index (Phi) is 4.76. The molecule has 5 N–H and O–H groups in total. The molecule has 1 atom stereocenters. The molecule has 2 rings (SSSR count). The van der Waals surface area contributed by atoms with Gasteiger partial charge in [0.25, 0.3) is 0 Å². The lowest BCUT2D eigenvalue weighted by molar-refractivity contribution is 0.186. The molecule has 1 aliphatic heterocycles. The number of nitrogens with one attached hydrogen (secondary N) is 3. The van der Waals surface area contributed by atoms with E-state index < -0.39 is 21.8 Å². The molecule has 0 radical (unpaired) electrons. The number of anilines is 1. The summed E-state index contributed by atoms with van der Waals surface area (Å²) >= 11 is 0. The zero-order valence-electron chi connectivity index (χ0n) is 11.2. The van der Waals surface area contributed by atoms with E-state index in [4.69, 9.17) is 15.9 Å². The fourth-order valence-corrected chi connectivity index (χ4v) is 3.09.